The molecule has 3 aromatic rings. The number of ether oxygens (including phenoxy) is 4. The number of carbonyl (C=O) groups is 1. The van der Waals surface area contributed by atoms with Crippen LogP contribution in [-0.2, 0) is 27.8 Å². The third-order valence-electron chi connectivity index (χ3n) is 11.8. The van der Waals surface area contributed by atoms with Gasteiger partial charge in [-0.05, 0) is 128 Å². The summed E-state index contributed by atoms with van der Waals surface area (Å²) in [7, 11) is 1.48. The van der Waals surface area contributed by atoms with Crippen molar-refractivity contribution in [3.05, 3.63) is 76.1 Å². The predicted molar refractivity (Wildman–Crippen MR) is 193 cm³/mol. The van der Waals surface area contributed by atoms with Gasteiger partial charge in [0.05, 0.1) is 26.9 Å². The van der Waals surface area contributed by atoms with Crippen molar-refractivity contribution in [3.8, 4) is 17.2 Å². The molecule has 0 radical (unpaired) electrons. The van der Waals surface area contributed by atoms with E-state index in [4.69, 9.17) is 30.5 Å². The van der Waals surface area contributed by atoms with Crippen LogP contribution in [0.3, 0.4) is 0 Å². The number of carbonyl (C=O) groups excluding carboxylic acids is 1. The van der Waals surface area contributed by atoms with Gasteiger partial charge in [0.1, 0.15) is 11.3 Å². The predicted octanol–water partition coefficient (Wildman–Crippen LogP) is 9.09. The first kappa shape index (κ1) is 34.0. The van der Waals surface area contributed by atoms with Crippen molar-refractivity contribution in [2.24, 2.45) is 17.3 Å². The Morgan fingerprint density at radius 3 is 2.57 bits per heavy atom. The number of hydrogen-bond acceptors (Lipinski definition) is 7. The fourth-order valence-corrected chi connectivity index (χ4v) is 9.30. The van der Waals surface area contributed by atoms with Crippen LogP contribution in [0.1, 0.15) is 101 Å². The standard InChI is InChI=1S/C41H51ClN2O5/c1-26(23-47-34-12-17-43-33-11-6-8-27(2)37(33)34)18-29-19-28-20-35-36(49-25-39(3,4)24-48-35)22-32(28)40(29)13-15-41(16-14-40,38(45)46-5)44-31-10-7-9-30(42)21-31/h7,9-10,12,17,20-22,26-27,29,44H,6,8,11,13-16,18-19,23-25H2,1-5H3/t26-,27-,29+,40?,41?/m1/s1. The number of methoxy groups -OCH3 is 1. The Bertz CT molecular complexity index is 1700. The van der Waals surface area contributed by atoms with E-state index in [0.29, 0.717) is 55.4 Å². The van der Waals surface area contributed by atoms with Gasteiger partial charge in [-0.3, -0.25) is 4.98 Å². The van der Waals surface area contributed by atoms with E-state index in [1.807, 2.05) is 30.5 Å². The van der Waals surface area contributed by atoms with Crippen LogP contribution in [0.5, 0.6) is 17.2 Å². The molecule has 0 saturated heterocycles. The van der Waals surface area contributed by atoms with Crippen LogP contribution in [0.4, 0.5) is 5.69 Å². The minimum absolute atomic E-state index is 0.0675. The van der Waals surface area contributed by atoms with Gasteiger partial charge in [0, 0.05) is 33.6 Å². The van der Waals surface area contributed by atoms with Crippen LogP contribution < -0.4 is 19.5 Å². The van der Waals surface area contributed by atoms with Crippen molar-refractivity contribution in [3.63, 3.8) is 0 Å². The zero-order valence-corrected chi connectivity index (χ0v) is 30.5. The number of aromatic nitrogens is 1. The van der Waals surface area contributed by atoms with Gasteiger partial charge in [0.25, 0.3) is 0 Å². The fourth-order valence-electron chi connectivity index (χ4n) is 9.11. The molecule has 1 aromatic heterocycles. The fraction of sp³-hybridized carbons (Fsp3) is 0.561. The van der Waals surface area contributed by atoms with E-state index in [1.54, 1.807) is 0 Å². The summed E-state index contributed by atoms with van der Waals surface area (Å²) >= 11 is 6.35. The molecule has 0 bridgehead atoms. The summed E-state index contributed by atoms with van der Waals surface area (Å²) in [5.74, 6) is 3.64. The number of anilines is 1. The van der Waals surface area contributed by atoms with Crippen LogP contribution in [0, 0.1) is 17.3 Å². The quantitative estimate of drug-likeness (QED) is 0.237. The van der Waals surface area contributed by atoms with Gasteiger partial charge in [0.15, 0.2) is 11.5 Å². The Kier molecular flexibility index (Phi) is 9.27. The second kappa shape index (κ2) is 13.4. The lowest BCUT2D eigenvalue weighted by Gasteiger charge is -2.47. The number of aryl methyl sites for hydroxylation is 1. The van der Waals surface area contributed by atoms with Gasteiger partial charge in [-0.25, -0.2) is 4.79 Å². The molecule has 2 aromatic carbocycles. The average Bonchev–Trinajstić information content (AvgIpc) is 3.26. The van der Waals surface area contributed by atoms with E-state index in [0.717, 1.165) is 55.0 Å². The molecule has 1 saturated carbocycles. The molecule has 49 heavy (non-hydrogen) atoms. The molecule has 2 heterocycles. The lowest BCUT2D eigenvalue weighted by molar-refractivity contribution is -0.148. The zero-order valence-electron chi connectivity index (χ0n) is 29.7. The molecule has 1 aliphatic heterocycles. The molecule has 3 atom stereocenters. The molecule has 1 N–H and O–H groups in total. The molecule has 0 amide bonds. The van der Waals surface area contributed by atoms with Crippen molar-refractivity contribution in [2.75, 3.05) is 32.2 Å². The van der Waals surface area contributed by atoms with E-state index >= 15 is 0 Å². The average molecular weight is 687 g/mol. The van der Waals surface area contributed by atoms with Gasteiger partial charge in [-0.1, -0.05) is 45.4 Å². The van der Waals surface area contributed by atoms with Crippen molar-refractivity contribution in [1.82, 2.24) is 4.98 Å². The molecule has 262 valence electrons. The summed E-state index contributed by atoms with van der Waals surface area (Å²) in [6.45, 7) is 10.9. The van der Waals surface area contributed by atoms with Gasteiger partial charge in [-0.15, -0.1) is 0 Å². The summed E-state index contributed by atoms with van der Waals surface area (Å²) in [6.07, 6.45) is 10.3. The maximum Gasteiger partial charge on any atom is 0.331 e. The van der Waals surface area contributed by atoms with Gasteiger partial charge < -0.3 is 24.3 Å². The van der Waals surface area contributed by atoms with E-state index < -0.39 is 5.54 Å². The molecule has 3 aliphatic carbocycles. The minimum Gasteiger partial charge on any atom is -0.493 e. The normalized spacial score (nSPS) is 27.4. The van der Waals surface area contributed by atoms with Gasteiger partial charge in [0.2, 0.25) is 0 Å². The topological polar surface area (TPSA) is 78.9 Å². The Hall–Kier alpha value is -3.45. The third kappa shape index (κ3) is 6.60. The number of rotatable bonds is 8. The van der Waals surface area contributed by atoms with E-state index in [1.165, 1.54) is 42.3 Å². The first-order chi connectivity index (χ1) is 23.5. The molecule has 7 rings (SSSR count). The molecule has 1 fully saturated rings. The smallest absolute Gasteiger partial charge is 0.331 e. The summed E-state index contributed by atoms with van der Waals surface area (Å²) in [4.78, 5) is 18.2. The lowest BCUT2D eigenvalue weighted by atomic mass is 9.59. The number of fused-ring (bicyclic) bond motifs is 4. The number of pyridine rings is 1. The van der Waals surface area contributed by atoms with E-state index in [-0.39, 0.29) is 16.8 Å². The maximum atomic E-state index is 13.5. The minimum atomic E-state index is -0.834. The van der Waals surface area contributed by atoms with Crippen molar-refractivity contribution >= 4 is 23.3 Å². The van der Waals surface area contributed by atoms with Crippen LogP contribution in [-0.4, -0.2) is 43.4 Å². The second-order valence-electron chi connectivity index (χ2n) is 16.1. The summed E-state index contributed by atoms with van der Waals surface area (Å²) < 4.78 is 24.8. The van der Waals surface area contributed by atoms with Crippen LogP contribution in [0.2, 0.25) is 5.02 Å². The third-order valence-corrected chi connectivity index (χ3v) is 12.0. The Morgan fingerprint density at radius 1 is 1.08 bits per heavy atom. The van der Waals surface area contributed by atoms with E-state index in [9.17, 15) is 4.79 Å². The van der Waals surface area contributed by atoms with Crippen molar-refractivity contribution in [2.45, 2.75) is 102 Å². The Labute approximate surface area is 296 Å². The Morgan fingerprint density at radius 2 is 1.84 bits per heavy atom. The highest BCUT2D eigenvalue weighted by Crippen LogP contribution is 2.58. The van der Waals surface area contributed by atoms with E-state index in [2.05, 4.69) is 56.2 Å². The largest absolute Gasteiger partial charge is 0.493 e. The van der Waals surface area contributed by atoms with Crippen LogP contribution in [0.15, 0.2) is 48.7 Å². The van der Waals surface area contributed by atoms with Crippen LogP contribution in [0.25, 0.3) is 0 Å². The van der Waals surface area contributed by atoms with Crippen LogP contribution >= 0.6 is 11.6 Å². The number of nitrogens with one attached hydrogen (secondary N) is 1. The SMILES string of the molecule is COC(=O)C1(Nc2cccc(Cl)c2)CCC2(CC1)c1cc3c(cc1C[C@@H]2C[C@@H](C)COc1ccnc2c1[C@H](C)CCC2)OCC(C)(C)CO3. The molecule has 0 unspecified atom stereocenters. The number of benzene rings is 2. The molecule has 1 spiro atoms. The molecular formula is C41H51ClN2O5. The van der Waals surface area contributed by atoms with Gasteiger partial charge in [-0.2, -0.15) is 0 Å². The number of esters is 1. The molecular weight excluding hydrogens is 636 g/mol. The maximum absolute atomic E-state index is 13.5. The highest BCUT2D eigenvalue weighted by molar-refractivity contribution is 6.30. The Balaban J connectivity index is 1.17. The monoisotopic (exact) mass is 686 g/mol. The number of halogens is 1. The summed E-state index contributed by atoms with van der Waals surface area (Å²) in [5, 5.41) is 4.21. The molecule has 8 heteroatoms. The zero-order chi connectivity index (χ0) is 34.4. The first-order valence-corrected chi connectivity index (χ1v) is 18.5. The second-order valence-corrected chi connectivity index (χ2v) is 16.5. The number of nitrogens with zero attached hydrogens (tertiary/aromatic N) is 1. The molecule has 7 nitrogen and oxygen atoms in total. The first-order valence-electron chi connectivity index (χ1n) is 18.2. The number of hydrogen-bond donors (Lipinski definition) is 1. The highest BCUT2D eigenvalue weighted by Gasteiger charge is 2.55. The molecule has 4 aliphatic rings. The van der Waals surface area contributed by atoms with Crippen molar-refractivity contribution < 1.29 is 23.7 Å². The lowest BCUT2D eigenvalue weighted by Crippen LogP contribution is -2.53. The van der Waals surface area contributed by atoms with Gasteiger partial charge >= 0.3 is 5.97 Å². The highest BCUT2D eigenvalue weighted by atomic mass is 35.5. The van der Waals surface area contributed by atoms with Crippen molar-refractivity contribution in [1.29, 1.82) is 0 Å². The summed E-state index contributed by atoms with van der Waals surface area (Å²) in [6, 6.07) is 14.2. The summed E-state index contributed by atoms with van der Waals surface area (Å²) in [5.41, 5.74) is 5.01.